The molecule has 1 aromatic carbocycles. The first-order chi connectivity index (χ1) is 15.5. The van der Waals surface area contributed by atoms with Gasteiger partial charge in [0, 0.05) is 30.6 Å². The summed E-state index contributed by atoms with van der Waals surface area (Å²) in [6.45, 7) is 2.89. The molecule has 0 radical (unpaired) electrons. The van der Waals surface area contributed by atoms with Gasteiger partial charge in [-0.3, -0.25) is 9.69 Å². The molecule has 0 aliphatic carbocycles. The van der Waals surface area contributed by atoms with Gasteiger partial charge in [0.2, 0.25) is 0 Å². The van der Waals surface area contributed by atoms with E-state index < -0.39 is 17.8 Å². The molecule has 2 saturated heterocycles. The van der Waals surface area contributed by atoms with Crippen LogP contribution in [0, 0.1) is 11.7 Å². The Balaban J connectivity index is 0.00000306. The summed E-state index contributed by atoms with van der Waals surface area (Å²) in [5.41, 5.74) is -0.217. The number of nitrogens with zero attached hydrogens (tertiary/aromatic N) is 2. The number of halogens is 3. The SMILES string of the molecule is C.O=c1[nH]c(CSC2CCOCC2)nc2cc(OCC3CCN(CC(F)F)CC3)cc(F)c12. The number of aromatic amines is 1. The quantitative estimate of drug-likeness (QED) is 0.593. The Bertz CT molecular complexity index is 961. The molecule has 4 rings (SSSR count). The first-order valence-corrected chi connectivity index (χ1v) is 12.1. The van der Waals surface area contributed by atoms with Crippen molar-refractivity contribution in [2.75, 3.05) is 39.5 Å². The highest BCUT2D eigenvalue weighted by atomic mass is 32.2. The first kappa shape index (κ1) is 25.8. The van der Waals surface area contributed by atoms with E-state index in [2.05, 4.69) is 9.97 Å². The van der Waals surface area contributed by atoms with Crippen LogP contribution >= 0.6 is 11.8 Å². The Morgan fingerprint density at radius 2 is 1.94 bits per heavy atom. The number of nitrogens with one attached hydrogen (secondary N) is 1. The highest BCUT2D eigenvalue weighted by molar-refractivity contribution is 7.99. The number of H-pyrrole nitrogens is 1. The van der Waals surface area contributed by atoms with Crippen molar-refractivity contribution in [3.05, 3.63) is 34.1 Å². The number of benzene rings is 1. The molecule has 1 N–H and O–H groups in total. The zero-order valence-electron chi connectivity index (χ0n) is 17.8. The number of rotatable bonds is 8. The number of hydrogen-bond acceptors (Lipinski definition) is 6. The Labute approximate surface area is 196 Å². The van der Waals surface area contributed by atoms with Crippen molar-refractivity contribution < 1.29 is 22.6 Å². The molecule has 2 aliphatic heterocycles. The van der Waals surface area contributed by atoms with E-state index in [-0.39, 0.29) is 30.8 Å². The molecule has 3 heterocycles. The highest BCUT2D eigenvalue weighted by Gasteiger charge is 2.22. The lowest BCUT2D eigenvalue weighted by Gasteiger charge is -2.31. The number of aromatic nitrogens is 2. The van der Waals surface area contributed by atoms with Crippen LogP contribution in [0.25, 0.3) is 10.9 Å². The lowest BCUT2D eigenvalue weighted by atomic mass is 9.98. The van der Waals surface area contributed by atoms with Crippen molar-refractivity contribution in [3.8, 4) is 5.75 Å². The molecule has 0 unspecified atom stereocenters. The van der Waals surface area contributed by atoms with Crippen molar-refractivity contribution in [2.45, 2.75) is 50.5 Å². The smallest absolute Gasteiger partial charge is 0.261 e. The molecule has 33 heavy (non-hydrogen) atoms. The van der Waals surface area contributed by atoms with Crippen LogP contribution in [0.15, 0.2) is 16.9 Å². The molecule has 10 heteroatoms. The van der Waals surface area contributed by atoms with E-state index in [0.717, 1.165) is 38.9 Å². The van der Waals surface area contributed by atoms with Gasteiger partial charge in [0.25, 0.3) is 12.0 Å². The van der Waals surface area contributed by atoms with Crippen molar-refractivity contribution in [1.82, 2.24) is 14.9 Å². The number of piperidine rings is 1. The maximum absolute atomic E-state index is 14.6. The summed E-state index contributed by atoms with van der Waals surface area (Å²) in [4.78, 5) is 21.4. The fourth-order valence-electron chi connectivity index (χ4n) is 4.18. The van der Waals surface area contributed by atoms with Crippen molar-refractivity contribution >= 4 is 22.7 Å². The van der Waals surface area contributed by atoms with Crippen molar-refractivity contribution in [2.24, 2.45) is 5.92 Å². The van der Waals surface area contributed by atoms with Crippen LogP contribution in [0.3, 0.4) is 0 Å². The fraction of sp³-hybridized carbons (Fsp3) is 0.652. The summed E-state index contributed by atoms with van der Waals surface area (Å²) in [6, 6.07) is 2.81. The number of thioether (sulfide) groups is 1. The zero-order chi connectivity index (χ0) is 22.5. The Kier molecular flexibility index (Phi) is 9.46. The molecule has 2 aliphatic rings. The topological polar surface area (TPSA) is 67.5 Å². The Morgan fingerprint density at radius 3 is 2.64 bits per heavy atom. The van der Waals surface area contributed by atoms with Crippen LogP contribution in [-0.4, -0.2) is 66.0 Å². The number of alkyl halides is 2. The van der Waals surface area contributed by atoms with Crippen molar-refractivity contribution in [3.63, 3.8) is 0 Å². The van der Waals surface area contributed by atoms with Crippen molar-refractivity contribution in [1.29, 1.82) is 0 Å². The second-order valence-electron chi connectivity index (χ2n) is 8.38. The van der Waals surface area contributed by atoms with Gasteiger partial charge in [0.05, 0.1) is 24.4 Å². The molecular formula is C23H32F3N3O3S. The summed E-state index contributed by atoms with van der Waals surface area (Å²) in [5.74, 6) is 0.940. The third kappa shape index (κ3) is 7.10. The molecule has 0 saturated carbocycles. The first-order valence-electron chi connectivity index (χ1n) is 11.0. The van der Waals surface area contributed by atoms with Crippen LogP contribution in [0.1, 0.15) is 38.9 Å². The lowest BCUT2D eigenvalue weighted by Crippen LogP contribution is -2.38. The molecule has 0 atom stereocenters. The molecule has 184 valence electrons. The Morgan fingerprint density at radius 1 is 1.21 bits per heavy atom. The van der Waals surface area contributed by atoms with Gasteiger partial charge < -0.3 is 14.5 Å². The molecule has 1 aromatic heterocycles. The van der Waals surface area contributed by atoms with Gasteiger partial charge in [0.15, 0.2) is 0 Å². The largest absolute Gasteiger partial charge is 0.493 e. The second-order valence-corrected chi connectivity index (χ2v) is 9.67. The summed E-state index contributed by atoms with van der Waals surface area (Å²) in [7, 11) is 0. The molecule has 0 amide bonds. The molecule has 0 spiro atoms. The minimum Gasteiger partial charge on any atom is -0.493 e. The lowest BCUT2D eigenvalue weighted by molar-refractivity contribution is 0.0620. The standard InChI is InChI=1S/C22H28F3N3O3S.CH4/c23-17-9-15(31-12-14-1-5-28(6-2-14)11-19(24)25)10-18-21(17)22(29)27-20(26-18)13-32-16-3-7-30-8-4-16;/h9-10,14,16,19H,1-8,11-13H2,(H,26,27,29);1H4. The number of ether oxygens (including phenoxy) is 2. The van der Waals surface area contributed by atoms with Crippen LogP contribution in [0.2, 0.25) is 0 Å². The van der Waals surface area contributed by atoms with E-state index in [4.69, 9.17) is 9.47 Å². The maximum Gasteiger partial charge on any atom is 0.261 e. The van der Waals surface area contributed by atoms with E-state index in [0.29, 0.717) is 42.3 Å². The molecule has 2 fully saturated rings. The second kappa shape index (κ2) is 12.1. The Hall–Kier alpha value is -1.78. The van der Waals surface area contributed by atoms with Gasteiger partial charge in [0.1, 0.15) is 22.8 Å². The normalized spacial score (nSPS) is 18.5. The summed E-state index contributed by atoms with van der Waals surface area (Å²) in [5, 5.41) is 0.390. The summed E-state index contributed by atoms with van der Waals surface area (Å²) < 4.78 is 50.8. The van der Waals surface area contributed by atoms with Gasteiger partial charge >= 0.3 is 0 Å². The van der Waals surface area contributed by atoms with E-state index >= 15 is 0 Å². The molecule has 6 nitrogen and oxygen atoms in total. The maximum atomic E-state index is 14.6. The van der Waals surface area contributed by atoms with E-state index in [1.165, 1.54) is 6.07 Å². The third-order valence-electron chi connectivity index (χ3n) is 6.00. The van der Waals surface area contributed by atoms with Gasteiger partial charge in [-0.25, -0.2) is 18.2 Å². The van der Waals surface area contributed by atoms with Gasteiger partial charge in [-0.05, 0) is 44.7 Å². The molecule has 0 bridgehead atoms. The third-order valence-corrected chi connectivity index (χ3v) is 7.38. The van der Waals surface area contributed by atoms with E-state index in [1.807, 2.05) is 0 Å². The predicted octanol–water partition coefficient (Wildman–Crippen LogP) is 4.47. The van der Waals surface area contributed by atoms with Crippen LogP contribution in [-0.2, 0) is 10.5 Å². The van der Waals surface area contributed by atoms with Gasteiger partial charge in [-0.2, -0.15) is 11.8 Å². The van der Waals surface area contributed by atoms with Crippen LogP contribution < -0.4 is 10.3 Å². The fourth-order valence-corrected chi connectivity index (χ4v) is 5.24. The summed E-state index contributed by atoms with van der Waals surface area (Å²) >= 11 is 1.72. The number of hydrogen-bond donors (Lipinski definition) is 1. The van der Waals surface area contributed by atoms with Gasteiger partial charge in [-0.1, -0.05) is 7.43 Å². The monoisotopic (exact) mass is 487 g/mol. The van der Waals surface area contributed by atoms with Crippen LogP contribution in [0.5, 0.6) is 5.75 Å². The van der Waals surface area contributed by atoms with Crippen LogP contribution in [0.4, 0.5) is 13.2 Å². The zero-order valence-corrected chi connectivity index (χ0v) is 18.6. The average Bonchev–Trinajstić information content (AvgIpc) is 2.77. The van der Waals surface area contributed by atoms with E-state index in [9.17, 15) is 18.0 Å². The molecule has 2 aromatic rings. The predicted molar refractivity (Wildman–Crippen MR) is 125 cm³/mol. The van der Waals surface area contributed by atoms with Gasteiger partial charge in [-0.15, -0.1) is 0 Å². The summed E-state index contributed by atoms with van der Waals surface area (Å²) in [6.07, 6.45) is 1.13. The number of fused-ring (bicyclic) bond motifs is 1. The minimum absolute atomic E-state index is 0. The molecular weight excluding hydrogens is 455 g/mol. The average molecular weight is 488 g/mol. The number of likely N-dealkylation sites (tertiary alicyclic amines) is 1. The highest BCUT2D eigenvalue weighted by Crippen LogP contribution is 2.26. The van der Waals surface area contributed by atoms with E-state index in [1.54, 1.807) is 22.7 Å². The minimum atomic E-state index is -2.32.